The maximum absolute atomic E-state index is 12.3. The first kappa shape index (κ1) is 16.9. The van der Waals surface area contributed by atoms with Crippen LogP contribution < -0.4 is 10.6 Å². The molecule has 2 rings (SSSR count). The van der Waals surface area contributed by atoms with Gasteiger partial charge in [0.25, 0.3) is 5.91 Å². The first-order valence-corrected chi connectivity index (χ1v) is 8.04. The predicted molar refractivity (Wildman–Crippen MR) is 93.9 cm³/mol. The van der Waals surface area contributed by atoms with Crippen molar-refractivity contribution in [2.75, 3.05) is 17.2 Å². The summed E-state index contributed by atoms with van der Waals surface area (Å²) < 4.78 is 0. The monoisotopic (exact) mass is 312 g/mol. The molecular weight excluding hydrogens is 288 g/mol. The molecule has 2 N–H and O–H groups in total. The topological polar surface area (TPSA) is 66.9 Å². The zero-order valence-corrected chi connectivity index (χ0v) is 14.0. The van der Waals surface area contributed by atoms with Crippen LogP contribution in [-0.2, 0) is 0 Å². The Hall–Kier alpha value is -2.43. The minimum Gasteiger partial charge on any atom is -0.354 e. The van der Waals surface area contributed by atoms with Crippen LogP contribution >= 0.6 is 0 Å². The highest BCUT2D eigenvalue weighted by Crippen LogP contribution is 2.17. The van der Waals surface area contributed by atoms with Crippen molar-refractivity contribution in [1.82, 2.24) is 9.97 Å². The number of unbranched alkanes of at least 4 members (excludes halogenated alkanes) is 2. The second-order valence-electron chi connectivity index (χ2n) is 5.70. The summed E-state index contributed by atoms with van der Waals surface area (Å²) in [4.78, 5) is 20.7. The molecule has 0 fully saturated rings. The number of anilines is 2. The lowest BCUT2D eigenvalue weighted by Gasteiger charge is -2.09. The van der Waals surface area contributed by atoms with Crippen molar-refractivity contribution in [3.8, 4) is 0 Å². The third-order valence-corrected chi connectivity index (χ3v) is 3.62. The average Bonchev–Trinajstić information content (AvgIpc) is 2.55. The fraction of sp³-hybridized carbons (Fsp3) is 0.389. The number of carbonyl (C=O) groups is 1. The Morgan fingerprint density at radius 2 is 1.87 bits per heavy atom. The molecule has 5 nitrogen and oxygen atoms in total. The number of rotatable bonds is 7. The lowest BCUT2D eigenvalue weighted by molar-refractivity contribution is 0.102. The van der Waals surface area contributed by atoms with Crippen LogP contribution in [0.25, 0.3) is 0 Å². The molecule has 1 aromatic heterocycles. The van der Waals surface area contributed by atoms with Crippen LogP contribution in [0.5, 0.6) is 0 Å². The van der Waals surface area contributed by atoms with Gasteiger partial charge in [0, 0.05) is 24.6 Å². The largest absolute Gasteiger partial charge is 0.354 e. The molecule has 1 aromatic carbocycles. The van der Waals surface area contributed by atoms with Crippen LogP contribution in [0, 0.1) is 13.8 Å². The molecule has 0 radical (unpaired) electrons. The standard InChI is InChI=1S/C18H24N4O/c1-4-5-6-9-19-18-20-11-15(12-21-18)17(23)22-16-10-13(2)7-8-14(16)3/h7-8,10-12H,4-6,9H2,1-3H3,(H,22,23)(H,19,20,21). The molecule has 0 aliphatic rings. The van der Waals surface area contributed by atoms with Crippen molar-refractivity contribution in [2.24, 2.45) is 0 Å². The quantitative estimate of drug-likeness (QED) is 0.760. The van der Waals surface area contributed by atoms with Gasteiger partial charge in [0.2, 0.25) is 5.95 Å². The number of aryl methyl sites for hydroxylation is 2. The Morgan fingerprint density at radius 1 is 1.13 bits per heavy atom. The number of nitrogens with one attached hydrogen (secondary N) is 2. The maximum atomic E-state index is 12.3. The maximum Gasteiger partial charge on any atom is 0.258 e. The van der Waals surface area contributed by atoms with Crippen molar-refractivity contribution in [1.29, 1.82) is 0 Å². The van der Waals surface area contributed by atoms with E-state index in [4.69, 9.17) is 0 Å². The van der Waals surface area contributed by atoms with Gasteiger partial charge in [-0.15, -0.1) is 0 Å². The van der Waals surface area contributed by atoms with Crippen molar-refractivity contribution in [2.45, 2.75) is 40.0 Å². The molecule has 0 unspecified atom stereocenters. The number of nitrogens with zero attached hydrogens (tertiary/aromatic N) is 2. The molecule has 23 heavy (non-hydrogen) atoms. The highest BCUT2D eigenvalue weighted by atomic mass is 16.1. The van der Waals surface area contributed by atoms with Crippen LogP contribution in [0.1, 0.15) is 47.7 Å². The lowest BCUT2D eigenvalue weighted by Crippen LogP contribution is -2.14. The van der Waals surface area contributed by atoms with Crippen molar-refractivity contribution in [3.63, 3.8) is 0 Å². The van der Waals surface area contributed by atoms with E-state index in [0.717, 1.165) is 29.8 Å². The van der Waals surface area contributed by atoms with Crippen molar-refractivity contribution < 1.29 is 4.79 Å². The molecule has 0 atom stereocenters. The Kier molecular flexibility index (Phi) is 6.09. The van der Waals surface area contributed by atoms with E-state index in [1.54, 1.807) is 12.4 Å². The smallest absolute Gasteiger partial charge is 0.258 e. The van der Waals surface area contributed by atoms with Crippen molar-refractivity contribution >= 4 is 17.5 Å². The van der Waals surface area contributed by atoms with Crippen molar-refractivity contribution in [3.05, 3.63) is 47.3 Å². The summed E-state index contributed by atoms with van der Waals surface area (Å²) in [6.45, 7) is 6.98. The van der Waals surface area contributed by atoms with Gasteiger partial charge in [0.15, 0.2) is 0 Å². The van der Waals surface area contributed by atoms with E-state index in [1.807, 2.05) is 32.0 Å². The van der Waals surface area contributed by atoms with Crippen LogP contribution in [0.4, 0.5) is 11.6 Å². The summed E-state index contributed by atoms with van der Waals surface area (Å²) in [6, 6.07) is 5.97. The van der Waals surface area contributed by atoms with Gasteiger partial charge >= 0.3 is 0 Å². The molecule has 0 spiro atoms. The first-order chi connectivity index (χ1) is 11.1. The minimum atomic E-state index is -0.198. The predicted octanol–water partition coefficient (Wildman–Crippen LogP) is 3.95. The number of hydrogen-bond acceptors (Lipinski definition) is 4. The van der Waals surface area contributed by atoms with E-state index >= 15 is 0 Å². The van der Waals surface area contributed by atoms with Crippen LogP contribution in [0.3, 0.4) is 0 Å². The molecule has 1 heterocycles. The van der Waals surface area contributed by atoms with E-state index in [-0.39, 0.29) is 5.91 Å². The zero-order chi connectivity index (χ0) is 16.7. The number of amides is 1. The van der Waals surface area contributed by atoms with E-state index in [2.05, 4.69) is 27.5 Å². The summed E-state index contributed by atoms with van der Waals surface area (Å²) in [5.41, 5.74) is 3.40. The third-order valence-electron chi connectivity index (χ3n) is 3.62. The van der Waals surface area contributed by atoms with Gasteiger partial charge in [0.05, 0.1) is 5.56 Å². The summed E-state index contributed by atoms with van der Waals surface area (Å²) in [6.07, 6.45) is 6.56. The molecular formula is C18H24N4O. The summed E-state index contributed by atoms with van der Waals surface area (Å²) >= 11 is 0. The molecule has 0 saturated heterocycles. The number of carbonyl (C=O) groups excluding carboxylic acids is 1. The Morgan fingerprint density at radius 3 is 2.57 bits per heavy atom. The highest BCUT2D eigenvalue weighted by Gasteiger charge is 2.09. The second-order valence-corrected chi connectivity index (χ2v) is 5.70. The zero-order valence-electron chi connectivity index (χ0n) is 14.0. The summed E-state index contributed by atoms with van der Waals surface area (Å²) in [5, 5.41) is 6.07. The minimum absolute atomic E-state index is 0.198. The Balaban J connectivity index is 1.96. The molecule has 122 valence electrons. The van der Waals surface area contributed by atoms with Crippen LogP contribution in [-0.4, -0.2) is 22.4 Å². The average molecular weight is 312 g/mol. The molecule has 5 heteroatoms. The Bertz CT molecular complexity index is 653. The SMILES string of the molecule is CCCCCNc1ncc(C(=O)Nc2cc(C)ccc2C)cn1. The lowest BCUT2D eigenvalue weighted by atomic mass is 10.1. The number of hydrogen-bond donors (Lipinski definition) is 2. The first-order valence-electron chi connectivity index (χ1n) is 8.04. The number of benzene rings is 1. The Labute approximate surface area is 137 Å². The fourth-order valence-electron chi connectivity index (χ4n) is 2.18. The molecule has 0 bridgehead atoms. The summed E-state index contributed by atoms with van der Waals surface area (Å²) in [7, 11) is 0. The molecule has 2 aromatic rings. The van der Waals surface area contributed by atoms with Gasteiger partial charge in [-0.3, -0.25) is 4.79 Å². The van der Waals surface area contributed by atoms with Gasteiger partial charge in [-0.05, 0) is 37.5 Å². The van der Waals surface area contributed by atoms with E-state index in [9.17, 15) is 4.79 Å². The third kappa shape index (κ3) is 5.06. The van der Waals surface area contributed by atoms with Gasteiger partial charge in [0.1, 0.15) is 0 Å². The van der Waals surface area contributed by atoms with E-state index in [0.29, 0.717) is 11.5 Å². The molecule has 0 aliphatic carbocycles. The summed E-state index contributed by atoms with van der Waals surface area (Å²) in [5.74, 6) is 0.362. The number of aromatic nitrogens is 2. The normalized spacial score (nSPS) is 10.4. The fourth-order valence-corrected chi connectivity index (χ4v) is 2.18. The van der Waals surface area contributed by atoms with Gasteiger partial charge in [-0.1, -0.05) is 31.9 Å². The van der Waals surface area contributed by atoms with E-state index < -0.39 is 0 Å². The van der Waals surface area contributed by atoms with Crippen LogP contribution in [0.15, 0.2) is 30.6 Å². The van der Waals surface area contributed by atoms with Crippen LogP contribution in [0.2, 0.25) is 0 Å². The van der Waals surface area contributed by atoms with Gasteiger partial charge < -0.3 is 10.6 Å². The second kappa shape index (κ2) is 8.27. The molecule has 1 amide bonds. The van der Waals surface area contributed by atoms with Gasteiger partial charge in [-0.2, -0.15) is 0 Å². The van der Waals surface area contributed by atoms with E-state index in [1.165, 1.54) is 12.8 Å². The molecule has 0 saturated carbocycles. The highest BCUT2D eigenvalue weighted by molar-refractivity contribution is 6.04. The molecule has 0 aliphatic heterocycles. The van der Waals surface area contributed by atoms with Gasteiger partial charge in [-0.25, -0.2) is 9.97 Å².